The molecule has 6 rings (SSSR count). The van der Waals surface area contributed by atoms with Crippen molar-refractivity contribution in [2.45, 2.75) is 52.4 Å². The summed E-state index contributed by atoms with van der Waals surface area (Å²) in [5.41, 5.74) is 8.32. The summed E-state index contributed by atoms with van der Waals surface area (Å²) in [7, 11) is 0. The molecule has 0 aliphatic rings. The van der Waals surface area contributed by atoms with E-state index < -0.39 is 0 Å². The number of pyridine rings is 1. The molecule has 4 nitrogen and oxygen atoms in total. The molecule has 4 aromatic carbocycles. The van der Waals surface area contributed by atoms with Crippen molar-refractivity contribution >= 4 is 21.9 Å². The molecule has 200 valence electrons. The molecule has 2 heterocycles. The average Bonchev–Trinajstić information content (AvgIpc) is 3.35. The van der Waals surface area contributed by atoms with Crippen LogP contribution in [0.4, 0.5) is 0 Å². The fourth-order valence-corrected chi connectivity index (χ4v) is 5.15. The van der Waals surface area contributed by atoms with Gasteiger partial charge in [-0.05, 0) is 75.4 Å². The van der Waals surface area contributed by atoms with Crippen molar-refractivity contribution in [3.8, 4) is 39.6 Å². The molecular formula is C36H34N2O2. The number of nitrogens with zero attached hydrogens (tertiary/aromatic N) is 2. The summed E-state index contributed by atoms with van der Waals surface area (Å²) >= 11 is 0. The quantitative estimate of drug-likeness (QED) is 0.249. The van der Waals surface area contributed by atoms with E-state index in [1.165, 1.54) is 5.56 Å². The van der Waals surface area contributed by atoms with E-state index in [-0.39, 0.29) is 16.6 Å². The van der Waals surface area contributed by atoms with Gasteiger partial charge in [-0.2, -0.15) is 0 Å². The van der Waals surface area contributed by atoms with Gasteiger partial charge in [0, 0.05) is 22.7 Å². The van der Waals surface area contributed by atoms with Gasteiger partial charge in [0.1, 0.15) is 11.3 Å². The van der Waals surface area contributed by atoms with Crippen molar-refractivity contribution in [1.29, 1.82) is 0 Å². The van der Waals surface area contributed by atoms with E-state index >= 15 is 0 Å². The van der Waals surface area contributed by atoms with Crippen molar-refractivity contribution in [2.24, 2.45) is 0 Å². The SMILES string of the molecule is CC(C)(C)c1cc(-c2nccc3ccccc23)cc(-c2cc(C(C)(C)C)cc3oc(-c4ccccc4O)nc23)c1. The van der Waals surface area contributed by atoms with Crippen LogP contribution in [0.1, 0.15) is 52.7 Å². The number of rotatable bonds is 3. The van der Waals surface area contributed by atoms with Gasteiger partial charge in [-0.3, -0.25) is 4.98 Å². The highest BCUT2D eigenvalue weighted by Crippen LogP contribution is 2.41. The Morgan fingerprint density at radius 1 is 0.675 bits per heavy atom. The second-order valence-corrected chi connectivity index (χ2v) is 12.6. The highest BCUT2D eigenvalue weighted by Gasteiger charge is 2.23. The normalized spacial score (nSPS) is 12.3. The van der Waals surface area contributed by atoms with Gasteiger partial charge in [0.2, 0.25) is 5.89 Å². The number of oxazole rings is 1. The molecule has 40 heavy (non-hydrogen) atoms. The highest BCUT2D eigenvalue weighted by atomic mass is 16.3. The van der Waals surface area contributed by atoms with Crippen molar-refractivity contribution in [1.82, 2.24) is 9.97 Å². The first-order valence-electron chi connectivity index (χ1n) is 13.7. The molecule has 0 amide bonds. The monoisotopic (exact) mass is 526 g/mol. The van der Waals surface area contributed by atoms with E-state index in [4.69, 9.17) is 14.4 Å². The topological polar surface area (TPSA) is 59.2 Å². The van der Waals surface area contributed by atoms with Crippen LogP contribution >= 0.6 is 0 Å². The Kier molecular flexibility index (Phi) is 6.03. The number of para-hydroxylation sites is 1. The lowest BCUT2D eigenvalue weighted by molar-refractivity contribution is 0.474. The van der Waals surface area contributed by atoms with Crippen LogP contribution in [0.2, 0.25) is 0 Å². The zero-order chi connectivity index (χ0) is 28.2. The third kappa shape index (κ3) is 4.64. The molecule has 0 saturated heterocycles. The molecule has 6 aromatic rings. The number of aromatic hydroxyl groups is 1. The second kappa shape index (κ2) is 9.34. The fourth-order valence-electron chi connectivity index (χ4n) is 5.15. The van der Waals surface area contributed by atoms with Crippen LogP contribution in [0.5, 0.6) is 5.75 Å². The first-order chi connectivity index (χ1) is 19.0. The van der Waals surface area contributed by atoms with Crippen LogP contribution in [-0.4, -0.2) is 15.1 Å². The smallest absolute Gasteiger partial charge is 0.231 e. The Morgan fingerprint density at radius 3 is 2.10 bits per heavy atom. The van der Waals surface area contributed by atoms with Crippen molar-refractivity contribution < 1.29 is 9.52 Å². The molecule has 0 spiro atoms. The maximum Gasteiger partial charge on any atom is 0.231 e. The van der Waals surface area contributed by atoms with E-state index in [0.717, 1.165) is 44.2 Å². The number of phenols is 1. The Bertz CT molecular complexity index is 1880. The first kappa shape index (κ1) is 25.8. The van der Waals surface area contributed by atoms with E-state index in [1.54, 1.807) is 12.1 Å². The summed E-state index contributed by atoms with van der Waals surface area (Å²) in [6, 6.07) is 28.7. The van der Waals surface area contributed by atoms with Gasteiger partial charge in [0.05, 0.1) is 11.3 Å². The lowest BCUT2D eigenvalue weighted by Crippen LogP contribution is -2.12. The summed E-state index contributed by atoms with van der Waals surface area (Å²) in [5.74, 6) is 0.550. The first-order valence-corrected chi connectivity index (χ1v) is 13.7. The van der Waals surface area contributed by atoms with Crippen LogP contribution in [0.25, 0.3) is 55.7 Å². The third-order valence-corrected chi connectivity index (χ3v) is 7.55. The van der Waals surface area contributed by atoms with E-state index in [0.29, 0.717) is 17.0 Å². The molecule has 0 unspecified atom stereocenters. The lowest BCUT2D eigenvalue weighted by Gasteiger charge is -2.23. The zero-order valence-electron chi connectivity index (χ0n) is 23.9. The fraction of sp³-hybridized carbons (Fsp3) is 0.222. The molecule has 0 atom stereocenters. The summed E-state index contributed by atoms with van der Waals surface area (Å²) in [6.45, 7) is 13.3. The Labute approximate surface area is 235 Å². The Hall–Kier alpha value is -4.44. The number of fused-ring (bicyclic) bond motifs is 2. The van der Waals surface area contributed by atoms with Gasteiger partial charge in [0.25, 0.3) is 0 Å². The molecule has 0 aliphatic heterocycles. The predicted molar refractivity (Wildman–Crippen MR) is 165 cm³/mol. The maximum atomic E-state index is 10.5. The number of hydrogen-bond donors (Lipinski definition) is 1. The van der Waals surface area contributed by atoms with Gasteiger partial charge >= 0.3 is 0 Å². The molecule has 4 heteroatoms. The van der Waals surface area contributed by atoms with Gasteiger partial charge in [0.15, 0.2) is 5.58 Å². The summed E-state index contributed by atoms with van der Waals surface area (Å²) < 4.78 is 6.32. The molecule has 0 bridgehead atoms. The summed E-state index contributed by atoms with van der Waals surface area (Å²) in [6.07, 6.45) is 1.88. The van der Waals surface area contributed by atoms with Gasteiger partial charge < -0.3 is 9.52 Å². The highest BCUT2D eigenvalue weighted by molar-refractivity contribution is 5.98. The van der Waals surface area contributed by atoms with E-state index in [2.05, 4.69) is 102 Å². The summed E-state index contributed by atoms with van der Waals surface area (Å²) in [5, 5.41) is 12.8. The molecule has 1 N–H and O–H groups in total. The zero-order valence-corrected chi connectivity index (χ0v) is 23.9. The Morgan fingerprint density at radius 2 is 1.35 bits per heavy atom. The number of aromatic nitrogens is 2. The Balaban J connectivity index is 1.66. The van der Waals surface area contributed by atoms with Crippen molar-refractivity contribution in [2.75, 3.05) is 0 Å². The predicted octanol–water partition coefficient (Wildman–Crippen LogP) is 9.68. The minimum absolute atomic E-state index is 0.0824. The second-order valence-electron chi connectivity index (χ2n) is 12.6. The number of phenolic OH excluding ortho intramolecular Hbond substituents is 1. The molecule has 0 radical (unpaired) electrons. The van der Waals surface area contributed by atoms with Crippen LogP contribution in [-0.2, 0) is 10.8 Å². The standard InChI is InChI=1S/C36H34N2O2/c1-35(2,3)25-18-23(17-24(19-25)32-27-12-8-7-11-22(27)15-16-37-32)29-20-26(36(4,5)6)21-31-33(29)38-34(40-31)28-13-9-10-14-30(28)39/h7-21,39H,1-6H3. The van der Waals surface area contributed by atoms with Crippen molar-refractivity contribution in [3.63, 3.8) is 0 Å². The van der Waals surface area contributed by atoms with Gasteiger partial charge in [-0.1, -0.05) is 84.0 Å². The largest absolute Gasteiger partial charge is 0.507 e. The molecular weight excluding hydrogens is 492 g/mol. The van der Waals surface area contributed by atoms with E-state index in [9.17, 15) is 5.11 Å². The van der Waals surface area contributed by atoms with Crippen LogP contribution < -0.4 is 0 Å². The molecule has 0 fully saturated rings. The third-order valence-electron chi connectivity index (χ3n) is 7.55. The molecule has 0 saturated carbocycles. The lowest BCUT2D eigenvalue weighted by atomic mass is 9.81. The number of benzene rings is 4. The summed E-state index contributed by atoms with van der Waals surface area (Å²) in [4.78, 5) is 9.79. The van der Waals surface area contributed by atoms with Crippen LogP contribution in [0, 0.1) is 0 Å². The molecule has 2 aromatic heterocycles. The van der Waals surface area contributed by atoms with Gasteiger partial charge in [-0.25, -0.2) is 4.98 Å². The van der Waals surface area contributed by atoms with Crippen molar-refractivity contribution in [3.05, 3.63) is 102 Å². The van der Waals surface area contributed by atoms with Crippen LogP contribution in [0.3, 0.4) is 0 Å². The minimum Gasteiger partial charge on any atom is -0.507 e. The van der Waals surface area contributed by atoms with E-state index in [1.807, 2.05) is 18.3 Å². The average molecular weight is 527 g/mol. The minimum atomic E-state index is -0.105. The molecule has 0 aliphatic carbocycles. The maximum absolute atomic E-state index is 10.5. The van der Waals surface area contributed by atoms with Gasteiger partial charge in [-0.15, -0.1) is 0 Å². The van der Waals surface area contributed by atoms with Crippen LogP contribution in [0.15, 0.2) is 95.5 Å². The number of hydrogen-bond acceptors (Lipinski definition) is 4.